The second-order valence-corrected chi connectivity index (χ2v) is 9.67. The summed E-state index contributed by atoms with van der Waals surface area (Å²) in [4.78, 5) is 18.4. The molecule has 2 heterocycles. The summed E-state index contributed by atoms with van der Waals surface area (Å²) in [5.74, 6) is 0.111. The van der Waals surface area contributed by atoms with Crippen LogP contribution in [0.15, 0.2) is 70.9 Å². The number of carbonyl (C=O) groups excluding carboxylic acids is 1. The fraction of sp³-hybridized carbons (Fsp3) is 0.182. The Labute approximate surface area is 184 Å². The predicted octanol–water partition coefficient (Wildman–Crippen LogP) is 3.89. The third-order valence-electron chi connectivity index (χ3n) is 4.87. The number of hydrogen-bond acceptors (Lipinski definition) is 5. The Kier molecular flexibility index (Phi) is 6.17. The van der Waals surface area contributed by atoms with E-state index in [1.54, 1.807) is 11.3 Å². The van der Waals surface area contributed by atoms with E-state index in [1.165, 1.54) is 24.3 Å². The van der Waals surface area contributed by atoms with Gasteiger partial charge in [-0.05, 0) is 61.2 Å². The van der Waals surface area contributed by atoms with E-state index < -0.39 is 10.0 Å². The molecule has 9 heteroatoms. The zero-order valence-corrected chi connectivity index (χ0v) is 18.5. The Morgan fingerprint density at radius 1 is 1.06 bits per heavy atom. The summed E-state index contributed by atoms with van der Waals surface area (Å²) in [6.07, 6.45) is 0.635. The normalized spacial score (nSPS) is 11.6. The van der Waals surface area contributed by atoms with Crippen molar-refractivity contribution in [1.82, 2.24) is 14.3 Å². The van der Waals surface area contributed by atoms with Crippen LogP contribution in [-0.4, -0.2) is 30.4 Å². The third-order valence-corrected chi connectivity index (χ3v) is 7.28. The highest BCUT2D eigenvalue weighted by Gasteiger charge is 2.16. The minimum atomic E-state index is -3.64. The number of benzene rings is 2. The fourth-order valence-corrected chi connectivity index (χ4v) is 5.04. The summed E-state index contributed by atoms with van der Waals surface area (Å²) in [5, 5.41) is 4.79. The van der Waals surface area contributed by atoms with Gasteiger partial charge in [0, 0.05) is 23.5 Å². The molecule has 2 N–H and O–H groups in total. The first-order chi connectivity index (χ1) is 15.0. The number of anilines is 1. The molecule has 160 valence electrons. The first-order valence-corrected chi connectivity index (χ1v) is 12.2. The average molecular weight is 455 g/mol. The van der Waals surface area contributed by atoms with Crippen molar-refractivity contribution < 1.29 is 13.2 Å². The number of nitrogens with zero attached hydrogens (tertiary/aromatic N) is 2. The number of aromatic nitrogens is 2. The molecule has 1 amide bonds. The number of amides is 1. The molecular formula is C22H22N4O3S2. The summed E-state index contributed by atoms with van der Waals surface area (Å²) in [6, 6.07) is 17.5. The van der Waals surface area contributed by atoms with Crippen LogP contribution in [0.4, 0.5) is 5.95 Å². The first kappa shape index (κ1) is 21.2. The number of imidazole rings is 1. The van der Waals surface area contributed by atoms with Crippen LogP contribution in [0.3, 0.4) is 0 Å². The molecule has 2 aromatic heterocycles. The van der Waals surface area contributed by atoms with E-state index in [1.807, 2.05) is 53.3 Å². The Hall–Kier alpha value is -3.01. The van der Waals surface area contributed by atoms with Gasteiger partial charge in [0.05, 0.1) is 15.9 Å². The quantitative estimate of drug-likeness (QED) is 0.422. The first-order valence-electron chi connectivity index (χ1n) is 9.86. The minimum absolute atomic E-state index is 0.121. The Bertz CT molecular complexity index is 1290. The number of carbonyl (C=O) groups is 1. The predicted molar refractivity (Wildman–Crippen MR) is 123 cm³/mol. The van der Waals surface area contributed by atoms with E-state index in [-0.39, 0.29) is 10.8 Å². The highest BCUT2D eigenvalue weighted by molar-refractivity contribution is 7.89. The molecule has 7 nitrogen and oxygen atoms in total. The summed E-state index contributed by atoms with van der Waals surface area (Å²) in [7, 11) is -3.64. The number of fused-ring (bicyclic) bond motifs is 1. The van der Waals surface area contributed by atoms with Gasteiger partial charge in [0.2, 0.25) is 16.0 Å². The molecule has 0 aliphatic rings. The van der Waals surface area contributed by atoms with Crippen LogP contribution in [0.1, 0.15) is 22.2 Å². The molecule has 0 spiro atoms. The lowest BCUT2D eigenvalue weighted by molar-refractivity contribution is 0.102. The van der Waals surface area contributed by atoms with Gasteiger partial charge in [-0.25, -0.2) is 18.1 Å². The maximum Gasteiger partial charge on any atom is 0.257 e. The second-order valence-electron chi connectivity index (χ2n) is 6.87. The number of thiophene rings is 1. The largest absolute Gasteiger partial charge is 0.310 e. The summed E-state index contributed by atoms with van der Waals surface area (Å²) < 4.78 is 29.5. The van der Waals surface area contributed by atoms with Crippen LogP contribution in [-0.2, 0) is 23.0 Å². The number of aryl methyl sites for hydroxylation is 1. The summed E-state index contributed by atoms with van der Waals surface area (Å²) in [5.41, 5.74) is 2.09. The topological polar surface area (TPSA) is 93.1 Å². The van der Waals surface area contributed by atoms with Gasteiger partial charge in [0.25, 0.3) is 5.91 Å². The Morgan fingerprint density at radius 2 is 1.84 bits per heavy atom. The maximum absolute atomic E-state index is 12.7. The number of rotatable bonds is 8. The molecule has 0 saturated carbocycles. The maximum atomic E-state index is 12.7. The van der Waals surface area contributed by atoms with Crippen LogP contribution in [0.2, 0.25) is 0 Å². The molecule has 0 saturated heterocycles. The Balaban J connectivity index is 1.44. The molecule has 0 fully saturated rings. The van der Waals surface area contributed by atoms with E-state index in [2.05, 4.69) is 15.0 Å². The molecule has 0 radical (unpaired) electrons. The smallest absolute Gasteiger partial charge is 0.257 e. The van der Waals surface area contributed by atoms with Crippen LogP contribution >= 0.6 is 11.3 Å². The van der Waals surface area contributed by atoms with Crippen molar-refractivity contribution in [2.45, 2.75) is 24.8 Å². The van der Waals surface area contributed by atoms with E-state index in [0.717, 1.165) is 15.9 Å². The lowest BCUT2D eigenvalue weighted by Gasteiger charge is -2.09. The van der Waals surface area contributed by atoms with Gasteiger partial charge in [0.15, 0.2) is 0 Å². The SMILES string of the molecule is CCn1c(NC(=O)c2ccc(S(=O)(=O)NCCc3cccs3)cc2)nc2ccccc21. The monoisotopic (exact) mass is 454 g/mol. The van der Waals surface area contributed by atoms with E-state index in [4.69, 9.17) is 0 Å². The lowest BCUT2D eigenvalue weighted by atomic mass is 10.2. The molecule has 0 aliphatic carbocycles. The molecule has 31 heavy (non-hydrogen) atoms. The van der Waals surface area contributed by atoms with Crippen molar-refractivity contribution in [1.29, 1.82) is 0 Å². The third kappa shape index (κ3) is 4.68. The number of sulfonamides is 1. The summed E-state index contributed by atoms with van der Waals surface area (Å²) in [6.45, 7) is 2.96. The van der Waals surface area contributed by atoms with E-state index in [9.17, 15) is 13.2 Å². The van der Waals surface area contributed by atoms with Gasteiger partial charge in [-0.2, -0.15) is 0 Å². The molecule has 0 unspecified atom stereocenters. The number of para-hydroxylation sites is 2. The van der Waals surface area contributed by atoms with Crippen molar-refractivity contribution in [2.24, 2.45) is 0 Å². The number of nitrogens with one attached hydrogen (secondary N) is 2. The van der Waals surface area contributed by atoms with Crippen molar-refractivity contribution in [3.8, 4) is 0 Å². The van der Waals surface area contributed by atoms with Gasteiger partial charge in [0.1, 0.15) is 0 Å². The van der Waals surface area contributed by atoms with Crippen molar-refractivity contribution in [2.75, 3.05) is 11.9 Å². The van der Waals surface area contributed by atoms with Gasteiger partial charge in [-0.15, -0.1) is 11.3 Å². The molecule has 0 aliphatic heterocycles. The van der Waals surface area contributed by atoms with Crippen LogP contribution in [0.25, 0.3) is 11.0 Å². The van der Waals surface area contributed by atoms with Crippen molar-refractivity contribution in [3.63, 3.8) is 0 Å². The highest BCUT2D eigenvalue weighted by Crippen LogP contribution is 2.20. The zero-order chi connectivity index (χ0) is 21.8. The van der Waals surface area contributed by atoms with E-state index >= 15 is 0 Å². The molecule has 0 bridgehead atoms. The second kappa shape index (κ2) is 9.01. The molecule has 0 atom stereocenters. The van der Waals surface area contributed by atoms with Crippen molar-refractivity contribution in [3.05, 3.63) is 76.5 Å². The lowest BCUT2D eigenvalue weighted by Crippen LogP contribution is -2.26. The van der Waals surface area contributed by atoms with Gasteiger partial charge >= 0.3 is 0 Å². The van der Waals surface area contributed by atoms with Crippen LogP contribution in [0, 0.1) is 0 Å². The number of hydrogen-bond donors (Lipinski definition) is 2. The zero-order valence-electron chi connectivity index (χ0n) is 16.9. The Morgan fingerprint density at radius 3 is 2.55 bits per heavy atom. The van der Waals surface area contributed by atoms with Crippen LogP contribution < -0.4 is 10.0 Å². The summed E-state index contributed by atoms with van der Waals surface area (Å²) >= 11 is 1.59. The van der Waals surface area contributed by atoms with Gasteiger partial charge in [-0.1, -0.05) is 18.2 Å². The minimum Gasteiger partial charge on any atom is -0.310 e. The molecule has 4 rings (SSSR count). The van der Waals surface area contributed by atoms with Crippen molar-refractivity contribution >= 4 is 44.2 Å². The van der Waals surface area contributed by atoms with E-state index in [0.29, 0.717) is 31.0 Å². The van der Waals surface area contributed by atoms with Gasteiger partial charge in [-0.3, -0.25) is 10.1 Å². The average Bonchev–Trinajstić information content (AvgIpc) is 3.41. The fourth-order valence-electron chi connectivity index (χ4n) is 3.30. The molecular weight excluding hydrogens is 432 g/mol. The standard InChI is InChI=1S/C22H22N4O3S2/c1-2-26-20-8-4-3-7-19(20)24-22(26)25-21(27)16-9-11-18(12-10-16)31(28,29)23-14-13-17-6-5-15-30-17/h3-12,15,23H,2,13-14H2,1H3,(H,24,25,27). The molecule has 2 aromatic carbocycles. The van der Waals surface area contributed by atoms with Crippen LogP contribution in [0.5, 0.6) is 0 Å². The van der Waals surface area contributed by atoms with Gasteiger partial charge < -0.3 is 4.57 Å². The highest BCUT2D eigenvalue weighted by atomic mass is 32.2. The molecule has 4 aromatic rings.